The highest BCUT2D eigenvalue weighted by molar-refractivity contribution is 7.13. The Kier molecular flexibility index (Phi) is 4.73. The first-order valence-electron chi connectivity index (χ1n) is 7.65. The molecule has 1 saturated carbocycles. The average molecular weight is 306 g/mol. The molecule has 2 unspecified atom stereocenters. The van der Waals surface area contributed by atoms with Gasteiger partial charge in [0.05, 0.1) is 16.3 Å². The van der Waals surface area contributed by atoms with E-state index in [4.69, 9.17) is 4.74 Å². The Morgan fingerprint density at radius 1 is 1.48 bits per heavy atom. The second-order valence-corrected chi connectivity index (χ2v) is 6.55. The van der Waals surface area contributed by atoms with Gasteiger partial charge in [-0.2, -0.15) is 4.37 Å². The molecule has 2 atom stereocenters. The van der Waals surface area contributed by atoms with Gasteiger partial charge in [-0.3, -0.25) is 0 Å². The van der Waals surface area contributed by atoms with Gasteiger partial charge in [-0.1, -0.05) is 13.0 Å². The Morgan fingerprint density at radius 3 is 3.10 bits per heavy atom. The van der Waals surface area contributed by atoms with Gasteiger partial charge >= 0.3 is 0 Å². The molecule has 1 aliphatic carbocycles. The number of rotatable bonds is 8. The van der Waals surface area contributed by atoms with Gasteiger partial charge in [0, 0.05) is 12.6 Å². The number of ether oxygens (including phenoxy) is 1. The molecule has 1 fully saturated rings. The standard InChI is InChI=1S/C16H22N2O2S/c1-2-14(11-6-7-11)17-8-12(19)10-20-15-4-3-5-16-13(15)9-18-21-16/h3-5,9,11-12,14,17,19H,2,6-8,10H2,1H3. The Balaban J connectivity index is 1.49. The van der Waals surface area contributed by atoms with Crippen molar-refractivity contribution >= 4 is 21.6 Å². The summed E-state index contributed by atoms with van der Waals surface area (Å²) in [5, 5.41) is 14.6. The summed E-state index contributed by atoms with van der Waals surface area (Å²) < 4.78 is 11.0. The summed E-state index contributed by atoms with van der Waals surface area (Å²) in [6, 6.07) is 6.46. The summed E-state index contributed by atoms with van der Waals surface area (Å²) in [6.07, 6.45) is 5.11. The van der Waals surface area contributed by atoms with Gasteiger partial charge in [-0.15, -0.1) is 0 Å². The summed E-state index contributed by atoms with van der Waals surface area (Å²) in [5.74, 6) is 1.61. The quantitative estimate of drug-likeness (QED) is 0.787. The molecule has 4 nitrogen and oxygen atoms in total. The first-order chi connectivity index (χ1) is 10.3. The lowest BCUT2D eigenvalue weighted by molar-refractivity contribution is 0.103. The fourth-order valence-electron chi connectivity index (χ4n) is 2.67. The molecule has 1 aromatic carbocycles. The Labute approximate surface area is 129 Å². The van der Waals surface area contributed by atoms with E-state index in [2.05, 4.69) is 16.6 Å². The maximum absolute atomic E-state index is 10.1. The van der Waals surface area contributed by atoms with E-state index in [1.54, 1.807) is 0 Å². The molecular weight excluding hydrogens is 284 g/mol. The van der Waals surface area contributed by atoms with Crippen LogP contribution in [0.3, 0.4) is 0 Å². The lowest BCUT2D eigenvalue weighted by atomic mass is 10.1. The number of aliphatic hydroxyl groups excluding tert-OH is 1. The minimum absolute atomic E-state index is 0.309. The molecular formula is C16H22N2O2S. The van der Waals surface area contributed by atoms with Crippen LogP contribution in [0.4, 0.5) is 0 Å². The minimum Gasteiger partial charge on any atom is -0.490 e. The van der Waals surface area contributed by atoms with Gasteiger partial charge in [0.1, 0.15) is 18.5 Å². The number of hydrogen-bond donors (Lipinski definition) is 2. The predicted molar refractivity (Wildman–Crippen MR) is 85.9 cm³/mol. The van der Waals surface area contributed by atoms with Crippen LogP contribution in [0.5, 0.6) is 5.75 Å². The molecule has 0 aliphatic heterocycles. The smallest absolute Gasteiger partial charge is 0.129 e. The molecule has 0 radical (unpaired) electrons. The molecule has 1 aromatic heterocycles. The molecule has 2 N–H and O–H groups in total. The monoisotopic (exact) mass is 306 g/mol. The minimum atomic E-state index is -0.486. The molecule has 0 saturated heterocycles. The fourth-order valence-corrected chi connectivity index (χ4v) is 3.33. The van der Waals surface area contributed by atoms with Crippen LogP contribution < -0.4 is 10.1 Å². The van der Waals surface area contributed by atoms with Crippen LogP contribution in [0, 0.1) is 5.92 Å². The summed E-state index contributed by atoms with van der Waals surface area (Å²) in [7, 11) is 0. The maximum atomic E-state index is 10.1. The van der Waals surface area contributed by atoms with Crippen molar-refractivity contribution in [3.63, 3.8) is 0 Å². The normalized spacial score (nSPS) is 17.8. The maximum Gasteiger partial charge on any atom is 0.129 e. The lowest BCUT2D eigenvalue weighted by Crippen LogP contribution is -2.38. The third-order valence-electron chi connectivity index (χ3n) is 4.04. The highest BCUT2D eigenvalue weighted by Crippen LogP contribution is 2.33. The van der Waals surface area contributed by atoms with Crippen molar-refractivity contribution in [3.8, 4) is 5.75 Å². The first-order valence-corrected chi connectivity index (χ1v) is 8.43. The SMILES string of the molecule is CCC(NCC(O)COc1cccc2sncc12)C1CC1. The van der Waals surface area contributed by atoms with E-state index < -0.39 is 6.10 Å². The van der Waals surface area contributed by atoms with E-state index in [9.17, 15) is 5.11 Å². The van der Waals surface area contributed by atoms with Crippen molar-refractivity contribution in [2.45, 2.75) is 38.3 Å². The van der Waals surface area contributed by atoms with Gasteiger partial charge in [0.25, 0.3) is 0 Å². The van der Waals surface area contributed by atoms with Crippen LogP contribution in [0.25, 0.3) is 10.1 Å². The molecule has 2 aromatic rings. The summed E-state index contributed by atoms with van der Waals surface area (Å²) in [5.41, 5.74) is 0. The summed E-state index contributed by atoms with van der Waals surface area (Å²) in [4.78, 5) is 0. The largest absolute Gasteiger partial charge is 0.490 e. The number of benzene rings is 1. The van der Waals surface area contributed by atoms with E-state index in [0.717, 1.165) is 28.2 Å². The molecule has 1 heterocycles. The van der Waals surface area contributed by atoms with Crippen molar-refractivity contribution in [3.05, 3.63) is 24.4 Å². The first kappa shape index (κ1) is 14.8. The third-order valence-corrected chi connectivity index (χ3v) is 4.80. The zero-order valence-electron chi connectivity index (χ0n) is 12.3. The number of hydrogen-bond acceptors (Lipinski definition) is 5. The van der Waals surface area contributed by atoms with Crippen LogP contribution in [0.2, 0.25) is 0 Å². The van der Waals surface area contributed by atoms with Crippen molar-refractivity contribution < 1.29 is 9.84 Å². The van der Waals surface area contributed by atoms with E-state index in [1.807, 2.05) is 24.4 Å². The van der Waals surface area contributed by atoms with Crippen LogP contribution in [-0.2, 0) is 0 Å². The summed E-state index contributed by atoms with van der Waals surface area (Å²) >= 11 is 1.46. The van der Waals surface area contributed by atoms with Crippen LogP contribution in [-0.4, -0.2) is 34.8 Å². The topological polar surface area (TPSA) is 54.4 Å². The zero-order valence-corrected chi connectivity index (χ0v) is 13.1. The Morgan fingerprint density at radius 2 is 2.33 bits per heavy atom. The van der Waals surface area contributed by atoms with Crippen LogP contribution in [0.1, 0.15) is 26.2 Å². The van der Waals surface area contributed by atoms with Gasteiger partial charge in [-0.25, -0.2) is 0 Å². The van der Waals surface area contributed by atoms with Crippen molar-refractivity contribution in [1.29, 1.82) is 0 Å². The van der Waals surface area contributed by atoms with Crippen LogP contribution in [0.15, 0.2) is 24.4 Å². The van der Waals surface area contributed by atoms with Gasteiger partial charge in [-0.05, 0) is 48.8 Å². The van der Waals surface area contributed by atoms with E-state index in [1.165, 1.54) is 24.4 Å². The van der Waals surface area contributed by atoms with Crippen LogP contribution >= 0.6 is 11.5 Å². The average Bonchev–Trinajstić information content (AvgIpc) is 3.22. The number of nitrogens with one attached hydrogen (secondary N) is 1. The number of nitrogens with zero attached hydrogens (tertiary/aromatic N) is 1. The second kappa shape index (κ2) is 6.73. The summed E-state index contributed by atoms with van der Waals surface area (Å²) in [6.45, 7) is 3.10. The van der Waals surface area contributed by atoms with Crippen molar-refractivity contribution in [1.82, 2.24) is 9.69 Å². The molecule has 114 valence electrons. The van der Waals surface area contributed by atoms with Crippen molar-refractivity contribution in [2.24, 2.45) is 5.92 Å². The number of fused-ring (bicyclic) bond motifs is 1. The molecule has 5 heteroatoms. The molecule has 0 amide bonds. The highest BCUT2D eigenvalue weighted by Gasteiger charge is 2.29. The predicted octanol–water partition coefficient (Wildman–Crippen LogP) is 2.81. The van der Waals surface area contributed by atoms with Gasteiger partial charge in [0.2, 0.25) is 0 Å². The Bertz CT molecular complexity index is 582. The highest BCUT2D eigenvalue weighted by atomic mass is 32.1. The third kappa shape index (κ3) is 3.73. The zero-order chi connectivity index (χ0) is 14.7. The fraction of sp³-hybridized carbons (Fsp3) is 0.562. The van der Waals surface area contributed by atoms with Gasteiger partial charge < -0.3 is 15.2 Å². The number of aliphatic hydroxyl groups is 1. The number of aromatic nitrogens is 1. The molecule has 1 aliphatic rings. The molecule has 21 heavy (non-hydrogen) atoms. The van der Waals surface area contributed by atoms with E-state index >= 15 is 0 Å². The van der Waals surface area contributed by atoms with Crippen molar-refractivity contribution in [2.75, 3.05) is 13.2 Å². The second-order valence-electron chi connectivity index (χ2n) is 5.72. The Hall–Kier alpha value is -1.17. The molecule has 3 rings (SSSR count). The van der Waals surface area contributed by atoms with E-state index in [0.29, 0.717) is 19.2 Å². The molecule has 0 bridgehead atoms. The van der Waals surface area contributed by atoms with Gasteiger partial charge in [0.15, 0.2) is 0 Å². The molecule has 0 spiro atoms. The lowest BCUT2D eigenvalue weighted by Gasteiger charge is -2.19. The van der Waals surface area contributed by atoms with E-state index in [-0.39, 0.29) is 0 Å².